The summed E-state index contributed by atoms with van der Waals surface area (Å²) in [7, 11) is 5.90. The molecular formula is C17H30N2O2. The van der Waals surface area contributed by atoms with Crippen molar-refractivity contribution < 1.29 is 9.84 Å². The van der Waals surface area contributed by atoms with Crippen LogP contribution in [0.3, 0.4) is 0 Å². The molecule has 0 bridgehead atoms. The Morgan fingerprint density at radius 1 is 1.24 bits per heavy atom. The van der Waals surface area contributed by atoms with Gasteiger partial charge in [0.15, 0.2) is 0 Å². The fourth-order valence-corrected chi connectivity index (χ4v) is 2.79. The Labute approximate surface area is 129 Å². The summed E-state index contributed by atoms with van der Waals surface area (Å²) in [4.78, 5) is 2.29. The highest BCUT2D eigenvalue weighted by Crippen LogP contribution is 2.23. The number of phenols is 1. The molecule has 1 unspecified atom stereocenters. The van der Waals surface area contributed by atoms with Gasteiger partial charge in [0.25, 0.3) is 0 Å². The van der Waals surface area contributed by atoms with Crippen LogP contribution in [0.4, 0.5) is 0 Å². The van der Waals surface area contributed by atoms with Crippen molar-refractivity contribution in [1.29, 1.82) is 0 Å². The highest BCUT2D eigenvalue weighted by Gasteiger charge is 2.20. The molecule has 0 radical (unpaired) electrons. The van der Waals surface area contributed by atoms with E-state index in [0.717, 1.165) is 17.9 Å². The summed E-state index contributed by atoms with van der Waals surface area (Å²) in [6.45, 7) is 6.06. The van der Waals surface area contributed by atoms with Crippen LogP contribution in [-0.2, 0) is 6.54 Å². The van der Waals surface area contributed by atoms with Gasteiger partial charge in [-0.2, -0.15) is 0 Å². The first kappa shape index (κ1) is 17.8. The first-order valence-electron chi connectivity index (χ1n) is 7.76. The maximum atomic E-state index is 9.90. The molecule has 4 heteroatoms. The number of phenolic OH excluding ortho intramolecular Hbond substituents is 1. The molecular weight excluding hydrogens is 264 g/mol. The van der Waals surface area contributed by atoms with Gasteiger partial charge in [0.05, 0.1) is 7.11 Å². The number of methoxy groups -OCH3 is 1. The number of aromatic hydroxyl groups is 1. The van der Waals surface area contributed by atoms with Gasteiger partial charge in [0.2, 0.25) is 0 Å². The summed E-state index contributed by atoms with van der Waals surface area (Å²) in [5.74, 6) is 1.77. The maximum absolute atomic E-state index is 9.90. The van der Waals surface area contributed by atoms with Gasteiger partial charge in [-0.1, -0.05) is 26.7 Å². The molecule has 0 saturated heterocycles. The molecule has 0 fully saturated rings. The van der Waals surface area contributed by atoms with Crippen molar-refractivity contribution in [3.63, 3.8) is 0 Å². The van der Waals surface area contributed by atoms with Crippen molar-refractivity contribution in [3.05, 3.63) is 23.8 Å². The minimum atomic E-state index is 0.312. The predicted octanol–water partition coefficient (Wildman–Crippen LogP) is 2.86. The number of hydrogen-bond acceptors (Lipinski definition) is 4. The van der Waals surface area contributed by atoms with Crippen molar-refractivity contribution >= 4 is 0 Å². The van der Waals surface area contributed by atoms with E-state index < -0.39 is 0 Å². The summed E-state index contributed by atoms with van der Waals surface area (Å²) in [6.07, 6.45) is 2.37. The molecule has 0 heterocycles. The lowest BCUT2D eigenvalue weighted by Gasteiger charge is -2.31. The third-order valence-corrected chi connectivity index (χ3v) is 4.21. The summed E-state index contributed by atoms with van der Waals surface area (Å²) in [5.41, 5.74) is 0.872. The monoisotopic (exact) mass is 294 g/mol. The summed E-state index contributed by atoms with van der Waals surface area (Å²) in [6, 6.07) is 5.84. The molecule has 21 heavy (non-hydrogen) atoms. The van der Waals surface area contributed by atoms with Crippen LogP contribution in [0, 0.1) is 5.92 Å². The Bertz CT molecular complexity index is 417. The quantitative estimate of drug-likeness (QED) is 0.735. The third-order valence-electron chi connectivity index (χ3n) is 4.21. The zero-order chi connectivity index (χ0) is 15.8. The molecule has 0 spiro atoms. The molecule has 0 aliphatic rings. The Hall–Kier alpha value is -1.26. The Morgan fingerprint density at radius 2 is 1.90 bits per heavy atom. The summed E-state index contributed by atoms with van der Waals surface area (Å²) >= 11 is 0. The van der Waals surface area contributed by atoms with E-state index in [9.17, 15) is 5.11 Å². The molecule has 2 N–H and O–H groups in total. The number of ether oxygens (including phenoxy) is 1. The maximum Gasteiger partial charge on any atom is 0.120 e. The predicted molar refractivity (Wildman–Crippen MR) is 87.9 cm³/mol. The number of likely N-dealkylation sites (N-methyl/N-ethyl adjacent to an activating group) is 1. The van der Waals surface area contributed by atoms with Crippen LogP contribution in [0.5, 0.6) is 11.5 Å². The molecule has 1 aromatic rings. The SMILES string of the molecule is CCC(CC)C(CNCc1cc(OC)ccc1O)N(C)C. The van der Waals surface area contributed by atoms with Crippen LogP contribution >= 0.6 is 0 Å². The topological polar surface area (TPSA) is 44.7 Å². The van der Waals surface area contributed by atoms with E-state index in [1.54, 1.807) is 19.2 Å². The summed E-state index contributed by atoms with van der Waals surface area (Å²) in [5, 5.41) is 13.4. The van der Waals surface area contributed by atoms with E-state index in [4.69, 9.17) is 4.74 Å². The molecule has 0 saturated carbocycles. The first-order valence-corrected chi connectivity index (χ1v) is 7.76. The van der Waals surface area contributed by atoms with E-state index in [2.05, 4.69) is 38.2 Å². The lowest BCUT2D eigenvalue weighted by molar-refractivity contribution is 0.193. The molecule has 0 aromatic heterocycles. The zero-order valence-electron chi connectivity index (χ0n) is 14.0. The average Bonchev–Trinajstić information content (AvgIpc) is 2.48. The van der Waals surface area contributed by atoms with Crippen LogP contribution in [0.15, 0.2) is 18.2 Å². The molecule has 1 aromatic carbocycles. The van der Waals surface area contributed by atoms with Crippen molar-refractivity contribution in [1.82, 2.24) is 10.2 Å². The molecule has 0 aliphatic heterocycles. The average molecular weight is 294 g/mol. The molecule has 0 amide bonds. The van der Waals surface area contributed by atoms with Crippen LogP contribution in [0.1, 0.15) is 32.3 Å². The number of hydrogen-bond donors (Lipinski definition) is 2. The van der Waals surface area contributed by atoms with Gasteiger partial charge < -0.3 is 20.1 Å². The normalized spacial score (nSPS) is 12.9. The van der Waals surface area contributed by atoms with Crippen molar-refractivity contribution in [2.75, 3.05) is 27.7 Å². The lowest BCUT2D eigenvalue weighted by atomic mass is 9.93. The Kier molecular flexibility index (Phi) is 7.54. The molecule has 0 aliphatic carbocycles. The van der Waals surface area contributed by atoms with E-state index in [-0.39, 0.29) is 0 Å². The minimum Gasteiger partial charge on any atom is -0.508 e. The Balaban J connectivity index is 2.61. The number of nitrogens with zero attached hydrogens (tertiary/aromatic N) is 1. The fourth-order valence-electron chi connectivity index (χ4n) is 2.79. The van der Waals surface area contributed by atoms with Crippen LogP contribution in [0.25, 0.3) is 0 Å². The van der Waals surface area contributed by atoms with Gasteiger partial charge >= 0.3 is 0 Å². The second kappa shape index (κ2) is 8.90. The molecule has 1 rings (SSSR count). The van der Waals surface area contributed by atoms with E-state index in [1.165, 1.54) is 12.8 Å². The van der Waals surface area contributed by atoms with Crippen LogP contribution < -0.4 is 10.1 Å². The smallest absolute Gasteiger partial charge is 0.120 e. The zero-order valence-corrected chi connectivity index (χ0v) is 14.0. The second-order valence-corrected chi connectivity index (χ2v) is 5.73. The lowest BCUT2D eigenvalue weighted by Crippen LogP contribution is -2.42. The fraction of sp³-hybridized carbons (Fsp3) is 0.647. The van der Waals surface area contributed by atoms with E-state index >= 15 is 0 Å². The van der Waals surface area contributed by atoms with Crippen molar-refractivity contribution in [2.45, 2.75) is 39.3 Å². The highest BCUT2D eigenvalue weighted by atomic mass is 16.5. The molecule has 120 valence electrons. The third kappa shape index (κ3) is 5.21. The Morgan fingerprint density at radius 3 is 2.43 bits per heavy atom. The highest BCUT2D eigenvalue weighted by molar-refractivity contribution is 5.39. The summed E-state index contributed by atoms with van der Waals surface area (Å²) < 4.78 is 5.20. The standard InChI is InChI=1S/C17H30N2O2/c1-6-13(7-2)16(19(3)4)12-18-11-14-10-15(21-5)8-9-17(14)20/h8-10,13,16,18,20H,6-7,11-12H2,1-5H3. The largest absolute Gasteiger partial charge is 0.508 e. The van der Waals surface area contributed by atoms with Gasteiger partial charge in [-0.15, -0.1) is 0 Å². The number of rotatable bonds is 9. The van der Waals surface area contributed by atoms with Crippen LogP contribution in [0.2, 0.25) is 0 Å². The van der Waals surface area contributed by atoms with E-state index in [0.29, 0.717) is 24.3 Å². The van der Waals surface area contributed by atoms with Gasteiger partial charge in [0, 0.05) is 24.7 Å². The minimum absolute atomic E-state index is 0.312. The number of nitrogens with one attached hydrogen (secondary N) is 1. The first-order chi connectivity index (χ1) is 10.0. The van der Waals surface area contributed by atoms with Gasteiger partial charge in [0.1, 0.15) is 11.5 Å². The second-order valence-electron chi connectivity index (χ2n) is 5.73. The van der Waals surface area contributed by atoms with Crippen LogP contribution in [-0.4, -0.2) is 43.8 Å². The van der Waals surface area contributed by atoms with Gasteiger partial charge in [-0.25, -0.2) is 0 Å². The van der Waals surface area contributed by atoms with Crippen molar-refractivity contribution in [3.8, 4) is 11.5 Å². The van der Waals surface area contributed by atoms with Gasteiger partial charge in [-0.3, -0.25) is 0 Å². The number of benzene rings is 1. The van der Waals surface area contributed by atoms with Gasteiger partial charge in [-0.05, 0) is 38.2 Å². The molecule has 1 atom stereocenters. The van der Waals surface area contributed by atoms with E-state index in [1.807, 2.05) is 6.07 Å². The molecule has 4 nitrogen and oxygen atoms in total. The van der Waals surface area contributed by atoms with Crippen molar-refractivity contribution in [2.24, 2.45) is 5.92 Å².